The molecule has 1 aliphatic rings. The summed E-state index contributed by atoms with van der Waals surface area (Å²) < 4.78 is 3.74. The van der Waals surface area contributed by atoms with Crippen molar-refractivity contribution < 1.29 is 4.79 Å². The van der Waals surface area contributed by atoms with Gasteiger partial charge in [-0.1, -0.05) is 12.1 Å². The number of pyridine rings is 2. The molecule has 4 aromatic heterocycles. The Morgan fingerprint density at radius 2 is 2.04 bits per heavy atom. The normalized spacial score (nSPS) is 16.5. The monoisotopic (exact) mass is 344 g/mol. The van der Waals surface area contributed by atoms with Crippen LogP contribution >= 0.6 is 0 Å². The number of fused-ring (bicyclic) bond motifs is 2. The molecule has 1 aliphatic heterocycles. The standard InChI is InChI=1S/C19H16N6O/c1-24-19-17(18(23-24)13-6-2-4-8-20-13)12(10-16(26)22-19)14-11-21-15-7-3-5-9-25(14)15/h2-9,11-12H,10H2,1H3,(H,22,26). The van der Waals surface area contributed by atoms with E-state index in [4.69, 9.17) is 0 Å². The van der Waals surface area contributed by atoms with Crippen LogP contribution in [0.2, 0.25) is 0 Å². The molecule has 26 heavy (non-hydrogen) atoms. The van der Waals surface area contributed by atoms with E-state index < -0.39 is 0 Å². The van der Waals surface area contributed by atoms with Crippen LogP contribution in [0.15, 0.2) is 55.0 Å². The zero-order valence-corrected chi connectivity index (χ0v) is 14.1. The molecule has 0 aromatic carbocycles. The van der Waals surface area contributed by atoms with E-state index in [1.807, 2.05) is 60.2 Å². The highest BCUT2D eigenvalue weighted by atomic mass is 16.1. The number of nitrogens with zero attached hydrogens (tertiary/aromatic N) is 5. The third-order valence-corrected chi connectivity index (χ3v) is 4.79. The molecule has 0 radical (unpaired) electrons. The number of hydrogen-bond donors (Lipinski definition) is 1. The van der Waals surface area contributed by atoms with Crippen LogP contribution in [0.4, 0.5) is 5.82 Å². The molecule has 1 atom stereocenters. The Bertz CT molecular complexity index is 1130. The lowest BCUT2D eigenvalue weighted by atomic mass is 9.88. The van der Waals surface area contributed by atoms with E-state index in [1.165, 1.54) is 0 Å². The molecule has 0 fully saturated rings. The number of hydrogen-bond acceptors (Lipinski definition) is 4. The molecule has 1 unspecified atom stereocenters. The van der Waals surface area contributed by atoms with Crippen LogP contribution in [-0.2, 0) is 11.8 Å². The molecule has 0 saturated heterocycles. The first-order valence-electron chi connectivity index (χ1n) is 8.42. The Balaban J connectivity index is 1.76. The van der Waals surface area contributed by atoms with E-state index in [1.54, 1.807) is 10.9 Å². The Kier molecular flexibility index (Phi) is 3.15. The van der Waals surface area contributed by atoms with Gasteiger partial charge in [0.05, 0.1) is 11.4 Å². The SMILES string of the molecule is Cn1nc(-c2ccccn2)c2c1NC(=O)CC2c1cnc2ccccn12. The van der Waals surface area contributed by atoms with Crippen molar-refractivity contribution in [3.05, 3.63) is 66.2 Å². The highest BCUT2D eigenvalue weighted by Crippen LogP contribution is 2.42. The second kappa shape index (κ2) is 5.52. The summed E-state index contributed by atoms with van der Waals surface area (Å²) in [5, 5.41) is 7.61. The molecule has 0 spiro atoms. The van der Waals surface area contributed by atoms with Crippen molar-refractivity contribution in [2.75, 3.05) is 5.32 Å². The van der Waals surface area contributed by atoms with Crippen molar-refractivity contribution in [1.82, 2.24) is 24.1 Å². The van der Waals surface area contributed by atoms with Gasteiger partial charge in [-0.25, -0.2) is 4.98 Å². The second-order valence-corrected chi connectivity index (χ2v) is 6.37. The largest absolute Gasteiger partial charge is 0.311 e. The van der Waals surface area contributed by atoms with Crippen LogP contribution in [0, 0.1) is 0 Å². The van der Waals surface area contributed by atoms with Crippen LogP contribution in [0.25, 0.3) is 17.0 Å². The minimum Gasteiger partial charge on any atom is -0.311 e. The molecule has 0 saturated carbocycles. The van der Waals surface area contributed by atoms with Crippen molar-refractivity contribution in [2.45, 2.75) is 12.3 Å². The van der Waals surface area contributed by atoms with Crippen molar-refractivity contribution >= 4 is 17.4 Å². The summed E-state index contributed by atoms with van der Waals surface area (Å²) in [7, 11) is 1.84. The van der Waals surface area contributed by atoms with Crippen molar-refractivity contribution in [2.24, 2.45) is 7.05 Å². The Morgan fingerprint density at radius 3 is 2.88 bits per heavy atom. The highest BCUT2D eigenvalue weighted by molar-refractivity contribution is 5.96. The summed E-state index contributed by atoms with van der Waals surface area (Å²) in [6.07, 6.45) is 5.92. The zero-order chi connectivity index (χ0) is 17.7. The van der Waals surface area contributed by atoms with Gasteiger partial charge in [-0.2, -0.15) is 5.10 Å². The lowest BCUT2D eigenvalue weighted by Crippen LogP contribution is -2.25. The second-order valence-electron chi connectivity index (χ2n) is 6.37. The van der Waals surface area contributed by atoms with Gasteiger partial charge in [-0.15, -0.1) is 0 Å². The van der Waals surface area contributed by atoms with Crippen LogP contribution in [0.1, 0.15) is 23.6 Å². The number of nitrogens with one attached hydrogen (secondary N) is 1. The Labute approximate surface area is 149 Å². The van der Waals surface area contributed by atoms with E-state index in [0.717, 1.165) is 34.1 Å². The quantitative estimate of drug-likeness (QED) is 0.606. The zero-order valence-electron chi connectivity index (χ0n) is 14.1. The van der Waals surface area contributed by atoms with Gasteiger partial charge >= 0.3 is 0 Å². The molecule has 7 heteroatoms. The van der Waals surface area contributed by atoms with Gasteiger partial charge in [0, 0.05) is 43.5 Å². The first kappa shape index (κ1) is 14.8. The summed E-state index contributed by atoms with van der Waals surface area (Å²) >= 11 is 0. The maximum Gasteiger partial charge on any atom is 0.226 e. The van der Waals surface area contributed by atoms with Gasteiger partial charge in [0.1, 0.15) is 17.2 Å². The van der Waals surface area contributed by atoms with Gasteiger partial charge in [0.25, 0.3) is 0 Å². The lowest BCUT2D eigenvalue weighted by Gasteiger charge is -2.23. The summed E-state index contributed by atoms with van der Waals surface area (Å²) in [6.45, 7) is 0. The van der Waals surface area contributed by atoms with E-state index in [9.17, 15) is 4.79 Å². The van der Waals surface area contributed by atoms with Crippen LogP contribution in [-0.4, -0.2) is 30.1 Å². The summed E-state index contributed by atoms with van der Waals surface area (Å²) in [5.74, 6) is 0.559. The number of carbonyl (C=O) groups excluding carboxylic acids is 1. The molecule has 0 aliphatic carbocycles. The molecular formula is C19H16N6O. The van der Waals surface area contributed by atoms with Crippen molar-refractivity contribution in [3.63, 3.8) is 0 Å². The first-order valence-corrected chi connectivity index (χ1v) is 8.42. The van der Waals surface area contributed by atoms with E-state index in [0.29, 0.717) is 6.42 Å². The van der Waals surface area contributed by atoms with E-state index >= 15 is 0 Å². The van der Waals surface area contributed by atoms with Gasteiger partial charge in [-0.3, -0.25) is 14.5 Å². The van der Waals surface area contributed by atoms with E-state index in [-0.39, 0.29) is 11.8 Å². The molecule has 1 amide bonds. The number of imidazole rings is 1. The lowest BCUT2D eigenvalue weighted by molar-refractivity contribution is -0.116. The summed E-state index contributed by atoms with van der Waals surface area (Å²) in [6, 6.07) is 11.6. The molecule has 5 rings (SSSR count). The number of carbonyl (C=O) groups is 1. The topological polar surface area (TPSA) is 77.1 Å². The third kappa shape index (κ3) is 2.13. The van der Waals surface area contributed by atoms with Gasteiger partial charge < -0.3 is 9.72 Å². The molecule has 7 nitrogen and oxygen atoms in total. The smallest absolute Gasteiger partial charge is 0.226 e. The molecule has 128 valence electrons. The number of anilines is 1. The Hall–Kier alpha value is -3.48. The molecular weight excluding hydrogens is 328 g/mol. The average Bonchev–Trinajstić information content (AvgIpc) is 3.24. The molecule has 5 heterocycles. The maximum absolute atomic E-state index is 12.4. The number of amides is 1. The fourth-order valence-corrected chi connectivity index (χ4v) is 3.64. The predicted octanol–water partition coefficient (Wildman–Crippen LogP) is 2.60. The van der Waals surface area contributed by atoms with Crippen LogP contribution in [0.5, 0.6) is 0 Å². The molecule has 4 aromatic rings. The summed E-state index contributed by atoms with van der Waals surface area (Å²) in [4.78, 5) is 21.3. The fourth-order valence-electron chi connectivity index (χ4n) is 3.64. The van der Waals surface area contributed by atoms with Crippen molar-refractivity contribution in [1.29, 1.82) is 0 Å². The van der Waals surface area contributed by atoms with Crippen LogP contribution in [0.3, 0.4) is 0 Å². The van der Waals surface area contributed by atoms with Gasteiger partial charge in [-0.05, 0) is 24.3 Å². The minimum absolute atomic E-state index is 0.0241. The number of aryl methyl sites for hydroxylation is 1. The molecule has 0 bridgehead atoms. The van der Waals surface area contributed by atoms with Crippen LogP contribution < -0.4 is 5.32 Å². The molecule has 1 N–H and O–H groups in total. The predicted molar refractivity (Wildman–Crippen MR) is 96.7 cm³/mol. The van der Waals surface area contributed by atoms with Gasteiger partial charge in [0.15, 0.2) is 0 Å². The fraction of sp³-hybridized carbons (Fsp3) is 0.158. The van der Waals surface area contributed by atoms with Gasteiger partial charge in [0.2, 0.25) is 5.91 Å². The highest BCUT2D eigenvalue weighted by Gasteiger charge is 2.35. The average molecular weight is 344 g/mol. The third-order valence-electron chi connectivity index (χ3n) is 4.79. The number of rotatable bonds is 2. The van der Waals surface area contributed by atoms with E-state index in [2.05, 4.69) is 20.4 Å². The number of aromatic nitrogens is 5. The minimum atomic E-state index is -0.137. The summed E-state index contributed by atoms with van der Waals surface area (Å²) in [5.41, 5.74) is 4.40. The van der Waals surface area contributed by atoms with Crippen molar-refractivity contribution in [3.8, 4) is 11.4 Å². The Morgan fingerprint density at radius 1 is 1.15 bits per heavy atom. The first-order chi connectivity index (χ1) is 12.7. The maximum atomic E-state index is 12.4.